The Morgan fingerprint density at radius 1 is 0.966 bits per heavy atom. The van der Waals surface area contributed by atoms with E-state index < -0.39 is 21.7 Å². The van der Waals surface area contributed by atoms with Crippen LogP contribution in [-0.2, 0) is 16.6 Å². The zero-order valence-corrected chi connectivity index (χ0v) is 16.9. The highest BCUT2D eigenvalue weighted by Crippen LogP contribution is 2.20. The van der Waals surface area contributed by atoms with Crippen LogP contribution in [0, 0.1) is 19.7 Å². The average molecular weight is 412 g/mol. The molecule has 3 aromatic carbocycles. The van der Waals surface area contributed by atoms with Gasteiger partial charge in [0.05, 0.1) is 10.6 Å². The summed E-state index contributed by atoms with van der Waals surface area (Å²) in [7, 11) is -3.82. The predicted molar refractivity (Wildman–Crippen MR) is 111 cm³/mol. The first-order valence-electron chi connectivity index (χ1n) is 8.98. The van der Waals surface area contributed by atoms with Gasteiger partial charge in [0.2, 0.25) is 10.0 Å². The summed E-state index contributed by atoms with van der Waals surface area (Å²) in [5.41, 5.74) is 2.32. The first-order valence-corrected chi connectivity index (χ1v) is 10.5. The van der Waals surface area contributed by atoms with Gasteiger partial charge in [-0.05, 0) is 54.8 Å². The predicted octanol–water partition coefficient (Wildman–Crippen LogP) is 4.17. The van der Waals surface area contributed by atoms with Crippen LogP contribution in [0.15, 0.2) is 71.6 Å². The van der Waals surface area contributed by atoms with Crippen LogP contribution in [0.1, 0.15) is 27.0 Å². The summed E-state index contributed by atoms with van der Waals surface area (Å²) in [4.78, 5) is 12.6. The fraction of sp³-hybridized carbons (Fsp3) is 0.136. The first-order chi connectivity index (χ1) is 13.8. The Bertz CT molecular complexity index is 1150. The van der Waals surface area contributed by atoms with Crippen LogP contribution in [0.5, 0.6) is 0 Å². The molecular weight excluding hydrogens is 391 g/mol. The third-order valence-electron chi connectivity index (χ3n) is 4.45. The van der Waals surface area contributed by atoms with E-state index in [9.17, 15) is 17.6 Å². The molecule has 2 N–H and O–H groups in total. The van der Waals surface area contributed by atoms with E-state index >= 15 is 0 Å². The Kier molecular flexibility index (Phi) is 6.10. The standard InChI is InChI=1S/C22H21FN2O3S/c1-15-8-11-21(20(23)12-15)25-22(26)19-13-18(10-9-16(19)2)29(27,28)24-14-17-6-4-3-5-7-17/h3-13,24H,14H2,1-2H3,(H,25,26). The number of rotatable bonds is 6. The topological polar surface area (TPSA) is 75.3 Å². The maximum atomic E-state index is 14.0. The van der Waals surface area contributed by atoms with Crippen LogP contribution in [0.3, 0.4) is 0 Å². The lowest BCUT2D eigenvalue weighted by Crippen LogP contribution is -2.24. The fourth-order valence-electron chi connectivity index (χ4n) is 2.78. The molecule has 0 aliphatic heterocycles. The second-order valence-corrected chi connectivity index (χ2v) is 8.49. The lowest BCUT2D eigenvalue weighted by molar-refractivity contribution is 0.102. The van der Waals surface area contributed by atoms with E-state index in [1.807, 2.05) is 30.3 Å². The van der Waals surface area contributed by atoms with Gasteiger partial charge in [-0.3, -0.25) is 4.79 Å². The molecule has 0 saturated carbocycles. The number of nitrogens with one attached hydrogen (secondary N) is 2. The smallest absolute Gasteiger partial charge is 0.256 e. The van der Waals surface area contributed by atoms with Crippen molar-refractivity contribution in [1.29, 1.82) is 0 Å². The molecular formula is C22H21FN2O3S. The van der Waals surface area contributed by atoms with Gasteiger partial charge in [0, 0.05) is 12.1 Å². The fourth-order valence-corrected chi connectivity index (χ4v) is 3.83. The molecule has 0 fully saturated rings. The minimum Gasteiger partial charge on any atom is -0.319 e. The summed E-state index contributed by atoms with van der Waals surface area (Å²) in [6.45, 7) is 3.57. The molecule has 0 radical (unpaired) electrons. The number of anilines is 1. The van der Waals surface area contributed by atoms with Crippen molar-refractivity contribution in [3.05, 3.63) is 94.8 Å². The first kappa shape index (κ1) is 20.7. The maximum absolute atomic E-state index is 14.0. The summed E-state index contributed by atoms with van der Waals surface area (Å²) < 4.78 is 41.8. The molecule has 3 aromatic rings. The molecule has 0 heterocycles. The minimum atomic E-state index is -3.82. The number of hydrogen-bond donors (Lipinski definition) is 2. The number of carbonyl (C=O) groups is 1. The Morgan fingerprint density at radius 3 is 2.38 bits per heavy atom. The van der Waals surface area contributed by atoms with E-state index in [1.165, 1.54) is 24.3 Å². The van der Waals surface area contributed by atoms with Crippen molar-refractivity contribution in [2.45, 2.75) is 25.3 Å². The molecule has 0 aromatic heterocycles. The minimum absolute atomic E-state index is 0.0337. The number of amides is 1. The highest BCUT2D eigenvalue weighted by atomic mass is 32.2. The van der Waals surface area contributed by atoms with Crippen LogP contribution >= 0.6 is 0 Å². The van der Waals surface area contributed by atoms with Crippen molar-refractivity contribution < 1.29 is 17.6 Å². The van der Waals surface area contributed by atoms with Crippen LogP contribution < -0.4 is 10.0 Å². The molecule has 0 atom stereocenters. The Morgan fingerprint density at radius 2 is 1.69 bits per heavy atom. The average Bonchev–Trinajstić information content (AvgIpc) is 2.69. The van der Waals surface area contributed by atoms with Gasteiger partial charge < -0.3 is 5.32 Å². The molecule has 0 spiro atoms. The van der Waals surface area contributed by atoms with Crippen molar-refractivity contribution in [2.75, 3.05) is 5.32 Å². The number of carbonyl (C=O) groups excluding carboxylic acids is 1. The van der Waals surface area contributed by atoms with Gasteiger partial charge in [-0.1, -0.05) is 42.5 Å². The molecule has 150 valence electrons. The molecule has 0 aliphatic carbocycles. The van der Waals surface area contributed by atoms with Gasteiger partial charge in [0.1, 0.15) is 5.82 Å². The zero-order valence-electron chi connectivity index (χ0n) is 16.1. The molecule has 0 saturated heterocycles. The summed E-state index contributed by atoms with van der Waals surface area (Å²) in [5, 5.41) is 2.50. The van der Waals surface area contributed by atoms with Gasteiger partial charge in [-0.15, -0.1) is 0 Å². The number of aryl methyl sites for hydroxylation is 2. The summed E-state index contributed by atoms with van der Waals surface area (Å²) in [5.74, 6) is -1.13. The summed E-state index contributed by atoms with van der Waals surface area (Å²) >= 11 is 0. The number of sulfonamides is 1. The lowest BCUT2D eigenvalue weighted by Gasteiger charge is -2.12. The normalized spacial score (nSPS) is 11.3. The highest BCUT2D eigenvalue weighted by Gasteiger charge is 2.19. The quantitative estimate of drug-likeness (QED) is 0.638. The molecule has 3 rings (SSSR count). The van der Waals surface area contributed by atoms with Gasteiger partial charge in [-0.25, -0.2) is 17.5 Å². The van der Waals surface area contributed by atoms with Gasteiger partial charge in [-0.2, -0.15) is 0 Å². The monoisotopic (exact) mass is 412 g/mol. The Balaban J connectivity index is 1.82. The number of halogens is 1. The van der Waals surface area contributed by atoms with Crippen molar-refractivity contribution in [3.8, 4) is 0 Å². The van der Waals surface area contributed by atoms with E-state index in [4.69, 9.17) is 0 Å². The molecule has 0 aliphatic rings. The second kappa shape index (κ2) is 8.55. The Labute approximate surface area is 169 Å². The van der Waals surface area contributed by atoms with E-state index in [0.717, 1.165) is 11.1 Å². The zero-order chi connectivity index (χ0) is 21.0. The molecule has 0 bridgehead atoms. The van der Waals surface area contributed by atoms with Crippen LogP contribution in [0.4, 0.5) is 10.1 Å². The SMILES string of the molecule is Cc1ccc(NC(=O)c2cc(S(=O)(=O)NCc3ccccc3)ccc2C)c(F)c1. The lowest BCUT2D eigenvalue weighted by atomic mass is 10.1. The summed E-state index contributed by atoms with van der Waals surface area (Å²) in [6, 6.07) is 17.9. The molecule has 7 heteroatoms. The third-order valence-corrected chi connectivity index (χ3v) is 5.84. The van der Waals surface area contributed by atoms with Crippen molar-refractivity contribution in [2.24, 2.45) is 0 Å². The second-order valence-electron chi connectivity index (χ2n) is 6.72. The van der Waals surface area contributed by atoms with Gasteiger partial charge >= 0.3 is 0 Å². The van der Waals surface area contributed by atoms with Crippen molar-refractivity contribution in [3.63, 3.8) is 0 Å². The van der Waals surface area contributed by atoms with E-state index in [1.54, 1.807) is 26.0 Å². The van der Waals surface area contributed by atoms with E-state index in [2.05, 4.69) is 10.0 Å². The van der Waals surface area contributed by atoms with Gasteiger partial charge in [0.25, 0.3) is 5.91 Å². The van der Waals surface area contributed by atoms with Crippen LogP contribution in [0.25, 0.3) is 0 Å². The molecule has 5 nitrogen and oxygen atoms in total. The van der Waals surface area contributed by atoms with Crippen LogP contribution in [-0.4, -0.2) is 14.3 Å². The van der Waals surface area contributed by atoms with E-state index in [0.29, 0.717) is 5.56 Å². The Hall–Kier alpha value is -3.03. The number of benzene rings is 3. The molecule has 29 heavy (non-hydrogen) atoms. The molecule has 0 unspecified atom stereocenters. The summed E-state index contributed by atoms with van der Waals surface area (Å²) in [6.07, 6.45) is 0. The van der Waals surface area contributed by atoms with E-state index in [-0.39, 0.29) is 22.7 Å². The van der Waals surface area contributed by atoms with Crippen LogP contribution in [0.2, 0.25) is 0 Å². The third kappa shape index (κ3) is 5.07. The maximum Gasteiger partial charge on any atom is 0.256 e. The van der Waals surface area contributed by atoms with Crippen molar-refractivity contribution >= 4 is 21.6 Å². The molecule has 1 amide bonds. The largest absolute Gasteiger partial charge is 0.319 e. The van der Waals surface area contributed by atoms with Crippen molar-refractivity contribution in [1.82, 2.24) is 4.72 Å². The van der Waals surface area contributed by atoms with Gasteiger partial charge in [0.15, 0.2) is 0 Å². The highest BCUT2D eigenvalue weighted by molar-refractivity contribution is 7.89. The number of hydrogen-bond acceptors (Lipinski definition) is 3.